The highest BCUT2D eigenvalue weighted by molar-refractivity contribution is 6.06. The molecule has 0 aromatic heterocycles. The van der Waals surface area contributed by atoms with Crippen molar-refractivity contribution in [3.63, 3.8) is 0 Å². The summed E-state index contributed by atoms with van der Waals surface area (Å²) < 4.78 is 15.2. The third-order valence-corrected chi connectivity index (χ3v) is 4.19. The van der Waals surface area contributed by atoms with Gasteiger partial charge in [0.1, 0.15) is 11.8 Å². The average molecular weight is 387 g/mol. The number of hydrogen-bond donors (Lipinski definition) is 1. The number of rotatable bonds is 8. The van der Waals surface area contributed by atoms with Gasteiger partial charge in [-0.15, -0.1) is 0 Å². The average Bonchev–Trinajstić information content (AvgIpc) is 2.69. The van der Waals surface area contributed by atoms with Crippen molar-refractivity contribution >= 4 is 28.6 Å². The molecular formula is C21H25NO6. The molecule has 0 fully saturated rings. The third kappa shape index (κ3) is 5.22. The van der Waals surface area contributed by atoms with Crippen LogP contribution in [0, 0.1) is 5.92 Å². The van der Waals surface area contributed by atoms with Crippen LogP contribution in [0.1, 0.15) is 30.6 Å². The second-order valence-corrected chi connectivity index (χ2v) is 6.71. The number of nitrogens with one attached hydrogen (secondary N) is 1. The largest absolute Gasteiger partial charge is 0.496 e. The molecule has 0 saturated carbocycles. The van der Waals surface area contributed by atoms with Crippen molar-refractivity contribution in [2.75, 3.05) is 20.8 Å². The van der Waals surface area contributed by atoms with E-state index in [-0.39, 0.29) is 5.92 Å². The molecule has 7 nitrogen and oxygen atoms in total. The van der Waals surface area contributed by atoms with E-state index in [2.05, 4.69) is 5.32 Å². The summed E-state index contributed by atoms with van der Waals surface area (Å²) in [4.78, 5) is 36.4. The summed E-state index contributed by atoms with van der Waals surface area (Å²) in [5.41, 5.74) is 0.330. The van der Waals surface area contributed by atoms with E-state index in [9.17, 15) is 14.4 Å². The summed E-state index contributed by atoms with van der Waals surface area (Å²) in [6, 6.07) is 9.76. The fourth-order valence-corrected chi connectivity index (χ4v) is 2.90. The van der Waals surface area contributed by atoms with Gasteiger partial charge in [0.25, 0.3) is 5.91 Å². The molecule has 2 aromatic carbocycles. The summed E-state index contributed by atoms with van der Waals surface area (Å²) >= 11 is 0. The highest BCUT2D eigenvalue weighted by Crippen LogP contribution is 2.28. The summed E-state index contributed by atoms with van der Waals surface area (Å²) in [5, 5.41) is 3.99. The number of hydrogen-bond acceptors (Lipinski definition) is 6. The van der Waals surface area contributed by atoms with E-state index in [1.807, 2.05) is 26.0 Å². The van der Waals surface area contributed by atoms with E-state index >= 15 is 0 Å². The highest BCUT2D eigenvalue weighted by Gasteiger charge is 2.23. The van der Waals surface area contributed by atoms with Crippen LogP contribution >= 0.6 is 0 Å². The Balaban J connectivity index is 2.06. The lowest BCUT2D eigenvalue weighted by atomic mass is 10.0. The lowest BCUT2D eigenvalue weighted by molar-refractivity contribution is -0.145. The summed E-state index contributed by atoms with van der Waals surface area (Å²) in [6.07, 6.45) is 0.426. The number of ether oxygens (including phenoxy) is 3. The van der Waals surface area contributed by atoms with Gasteiger partial charge in [-0.2, -0.15) is 0 Å². The Morgan fingerprint density at radius 2 is 1.68 bits per heavy atom. The first kappa shape index (κ1) is 21.2. The van der Waals surface area contributed by atoms with Gasteiger partial charge in [0.15, 0.2) is 6.61 Å². The molecule has 7 heteroatoms. The van der Waals surface area contributed by atoms with Crippen LogP contribution in [0.25, 0.3) is 10.8 Å². The van der Waals surface area contributed by atoms with Crippen molar-refractivity contribution in [2.24, 2.45) is 5.92 Å². The van der Waals surface area contributed by atoms with E-state index in [0.717, 1.165) is 5.39 Å². The van der Waals surface area contributed by atoms with Crippen molar-refractivity contribution in [3.05, 3.63) is 42.0 Å². The number of carbonyl (C=O) groups excluding carboxylic acids is 3. The summed E-state index contributed by atoms with van der Waals surface area (Å²) in [6.45, 7) is 3.36. The Kier molecular flexibility index (Phi) is 7.37. The highest BCUT2D eigenvalue weighted by atomic mass is 16.5. The predicted molar refractivity (Wildman–Crippen MR) is 104 cm³/mol. The quantitative estimate of drug-likeness (QED) is 0.701. The minimum absolute atomic E-state index is 0.178. The maximum Gasteiger partial charge on any atom is 0.339 e. The molecule has 2 aromatic rings. The standard InChI is InChI=1S/C21H25NO6/c1-13(2)11-17(21(25)27-4)22-19(23)12-28-20(24)16-9-10-18(26-3)15-8-6-5-7-14(15)16/h5-10,13,17H,11-12H2,1-4H3,(H,22,23)/t17-/m1/s1. The zero-order chi connectivity index (χ0) is 20.7. The van der Waals surface area contributed by atoms with Crippen molar-refractivity contribution in [2.45, 2.75) is 26.3 Å². The van der Waals surface area contributed by atoms with Gasteiger partial charge in [0.2, 0.25) is 0 Å². The molecule has 0 unspecified atom stereocenters. The second-order valence-electron chi connectivity index (χ2n) is 6.71. The zero-order valence-electron chi connectivity index (χ0n) is 16.5. The molecule has 1 N–H and O–H groups in total. The van der Waals surface area contributed by atoms with Crippen molar-refractivity contribution in [1.29, 1.82) is 0 Å². The molecule has 2 rings (SSSR count). The Bertz CT molecular complexity index is 861. The van der Waals surface area contributed by atoms with Crippen molar-refractivity contribution in [3.8, 4) is 5.75 Å². The van der Waals surface area contributed by atoms with E-state index in [1.165, 1.54) is 7.11 Å². The number of benzene rings is 2. The van der Waals surface area contributed by atoms with E-state index in [0.29, 0.717) is 23.1 Å². The fraction of sp³-hybridized carbons (Fsp3) is 0.381. The monoisotopic (exact) mass is 387 g/mol. The van der Waals surface area contributed by atoms with Gasteiger partial charge in [0.05, 0.1) is 19.8 Å². The van der Waals surface area contributed by atoms with Crippen LogP contribution in [-0.2, 0) is 19.1 Å². The molecule has 0 aliphatic heterocycles. The molecule has 1 atom stereocenters. The van der Waals surface area contributed by atoms with Crippen LogP contribution in [0.3, 0.4) is 0 Å². The van der Waals surface area contributed by atoms with Crippen molar-refractivity contribution < 1.29 is 28.6 Å². The zero-order valence-corrected chi connectivity index (χ0v) is 16.5. The second kappa shape index (κ2) is 9.73. The topological polar surface area (TPSA) is 90.9 Å². The van der Waals surface area contributed by atoms with Gasteiger partial charge in [0, 0.05) is 5.39 Å². The number of esters is 2. The smallest absolute Gasteiger partial charge is 0.339 e. The maximum atomic E-state index is 12.5. The molecule has 0 radical (unpaired) electrons. The Morgan fingerprint density at radius 1 is 1.00 bits per heavy atom. The van der Waals surface area contributed by atoms with Gasteiger partial charge < -0.3 is 19.5 Å². The molecular weight excluding hydrogens is 362 g/mol. The van der Waals surface area contributed by atoms with Gasteiger partial charge in [-0.25, -0.2) is 9.59 Å². The minimum atomic E-state index is -0.780. The Hall–Kier alpha value is -3.09. The first-order valence-corrected chi connectivity index (χ1v) is 8.97. The lowest BCUT2D eigenvalue weighted by Gasteiger charge is -2.18. The summed E-state index contributed by atoms with van der Waals surface area (Å²) in [5.74, 6) is -0.915. The number of amides is 1. The van der Waals surface area contributed by atoms with Crippen LogP contribution in [0.5, 0.6) is 5.75 Å². The molecule has 0 saturated heterocycles. The van der Waals surface area contributed by atoms with Crippen LogP contribution in [0.2, 0.25) is 0 Å². The van der Waals surface area contributed by atoms with Gasteiger partial charge in [-0.3, -0.25) is 4.79 Å². The predicted octanol–water partition coefficient (Wildman–Crippen LogP) is 2.71. The number of methoxy groups -OCH3 is 2. The molecule has 1 amide bonds. The minimum Gasteiger partial charge on any atom is -0.496 e. The molecule has 28 heavy (non-hydrogen) atoms. The van der Waals surface area contributed by atoms with Gasteiger partial charge in [-0.05, 0) is 29.9 Å². The molecule has 0 heterocycles. The van der Waals surface area contributed by atoms with E-state index in [4.69, 9.17) is 14.2 Å². The first-order valence-electron chi connectivity index (χ1n) is 8.97. The lowest BCUT2D eigenvalue weighted by Crippen LogP contribution is -2.44. The van der Waals surface area contributed by atoms with E-state index < -0.39 is 30.5 Å². The molecule has 0 aliphatic rings. The molecule has 0 bridgehead atoms. The Morgan fingerprint density at radius 3 is 2.29 bits per heavy atom. The first-order chi connectivity index (χ1) is 13.4. The van der Waals surface area contributed by atoms with Gasteiger partial charge in [-0.1, -0.05) is 38.1 Å². The van der Waals surface area contributed by atoms with Crippen LogP contribution in [0.4, 0.5) is 0 Å². The van der Waals surface area contributed by atoms with Crippen LogP contribution in [0.15, 0.2) is 36.4 Å². The van der Waals surface area contributed by atoms with E-state index in [1.54, 1.807) is 31.4 Å². The SMILES string of the molecule is COC(=O)[C@@H](CC(C)C)NC(=O)COC(=O)c1ccc(OC)c2ccccc12. The Labute approximate surface area is 164 Å². The van der Waals surface area contributed by atoms with Crippen LogP contribution in [-0.4, -0.2) is 44.7 Å². The maximum absolute atomic E-state index is 12.5. The number of fused-ring (bicyclic) bond motifs is 1. The van der Waals surface area contributed by atoms with Gasteiger partial charge >= 0.3 is 11.9 Å². The summed E-state index contributed by atoms with van der Waals surface area (Å²) in [7, 11) is 2.82. The van der Waals surface area contributed by atoms with Crippen molar-refractivity contribution in [1.82, 2.24) is 5.32 Å². The normalized spacial score (nSPS) is 11.8. The molecule has 0 spiro atoms. The molecule has 150 valence electrons. The fourth-order valence-electron chi connectivity index (χ4n) is 2.90. The molecule has 0 aliphatic carbocycles. The van der Waals surface area contributed by atoms with Crippen LogP contribution < -0.4 is 10.1 Å². The number of carbonyl (C=O) groups is 3. The third-order valence-electron chi connectivity index (χ3n) is 4.19.